The van der Waals surface area contributed by atoms with Gasteiger partial charge in [-0.05, 0) is 36.2 Å². The molecule has 0 radical (unpaired) electrons. The molecule has 0 aliphatic rings. The van der Waals surface area contributed by atoms with Crippen LogP contribution in [0, 0.1) is 6.92 Å². The summed E-state index contributed by atoms with van der Waals surface area (Å²) in [5.41, 5.74) is 7.29. The van der Waals surface area contributed by atoms with Gasteiger partial charge in [0.1, 0.15) is 0 Å². The normalized spacial score (nSPS) is 11.1. The number of halogens is 1. The highest BCUT2D eigenvalue weighted by molar-refractivity contribution is 6.31. The molecule has 0 fully saturated rings. The molecule has 0 aliphatic carbocycles. The number of hydrogen-bond acceptors (Lipinski definition) is 2. The van der Waals surface area contributed by atoms with Gasteiger partial charge in [0.25, 0.3) is 0 Å². The average molecular weight is 417 g/mol. The number of benzene rings is 3. The number of hydrazone groups is 1. The van der Waals surface area contributed by atoms with Gasteiger partial charge in [0, 0.05) is 39.9 Å². The van der Waals surface area contributed by atoms with Crippen LogP contribution in [0.15, 0.2) is 84.1 Å². The maximum Gasteiger partial charge on any atom is 0.339 e. The van der Waals surface area contributed by atoms with Crippen LogP contribution in [0.5, 0.6) is 0 Å². The van der Waals surface area contributed by atoms with E-state index in [1.165, 1.54) is 0 Å². The summed E-state index contributed by atoms with van der Waals surface area (Å²) in [6, 6.07) is 23.1. The van der Waals surface area contributed by atoms with Crippen LogP contribution in [0.4, 0.5) is 10.5 Å². The van der Waals surface area contributed by atoms with E-state index in [9.17, 15) is 4.79 Å². The second-order valence-electron chi connectivity index (χ2n) is 6.96. The van der Waals surface area contributed by atoms with E-state index in [1.807, 2.05) is 79.9 Å². The molecule has 0 spiro atoms. The van der Waals surface area contributed by atoms with E-state index < -0.39 is 0 Å². The molecule has 3 aromatic carbocycles. The SMILES string of the molecule is Cc1ccccc1NC(=O)NN=Cc1cn(Cc2ccccc2Cl)c2ccccc12. The molecule has 4 rings (SSSR count). The molecular formula is C24H21ClN4O. The van der Waals surface area contributed by atoms with Crippen LogP contribution in [0.1, 0.15) is 16.7 Å². The number of hydrogen-bond donors (Lipinski definition) is 2. The second kappa shape index (κ2) is 8.84. The molecule has 0 aliphatic heterocycles. The van der Waals surface area contributed by atoms with E-state index in [-0.39, 0.29) is 6.03 Å². The predicted octanol–water partition coefficient (Wildman–Crippen LogP) is 5.81. The summed E-state index contributed by atoms with van der Waals surface area (Å²) < 4.78 is 2.13. The molecule has 150 valence electrons. The Hall–Kier alpha value is -3.57. The monoisotopic (exact) mass is 416 g/mol. The van der Waals surface area contributed by atoms with Crippen LogP contribution in [0.25, 0.3) is 10.9 Å². The van der Waals surface area contributed by atoms with Crippen molar-refractivity contribution in [2.24, 2.45) is 5.10 Å². The molecule has 0 bridgehead atoms. The number of aromatic nitrogens is 1. The molecule has 0 unspecified atom stereocenters. The summed E-state index contributed by atoms with van der Waals surface area (Å²) in [5.74, 6) is 0. The molecule has 2 amide bonds. The van der Waals surface area contributed by atoms with Gasteiger partial charge >= 0.3 is 6.03 Å². The summed E-state index contributed by atoms with van der Waals surface area (Å²) in [5, 5.41) is 8.71. The molecule has 0 saturated heterocycles. The zero-order chi connectivity index (χ0) is 20.9. The molecule has 4 aromatic rings. The second-order valence-corrected chi connectivity index (χ2v) is 7.37. The standard InChI is InChI=1S/C24H21ClN4O/c1-17-8-2-6-12-22(17)27-24(30)28-26-14-19-16-29(23-13-7-4-10-20(19)23)15-18-9-3-5-11-21(18)25/h2-14,16H,15H2,1H3,(H2,27,28,30). The summed E-state index contributed by atoms with van der Waals surface area (Å²) in [4.78, 5) is 12.1. The summed E-state index contributed by atoms with van der Waals surface area (Å²) in [7, 11) is 0. The smallest absolute Gasteiger partial charge is 0.339 e. The largest absolute Gasteiger partial charge is 0.342 e. The van der Waals surface area contributed by atoms with Gasteiger partial charge in [-0.1, -0.05) is 66.2 Å². The molecule has 30 heavy (non-hydrogen) atoms. The Morgan fingerprint density at radius 3 is 2.60 bits per heavy atom. The lowest BCUT2D eigenvalue weighted by atomic mass is 10.2. The molecule has 5 nitrogen and oxygen atoms in total. The number of anilines is 1. The maximum atomic E-state index is 12.1. The predicted molar refractivity (Wildman–Crippen MR) is 123 cm³/mol. The van der Waals surface area contributed by atoms with Crippen LogP contribution >= 0.6 is 11.6 Å². The number of amides is 2. The van der Waals surface area contributed by atoms with Gasteiger partial charge < -0.3 is 9.88 Å². The Morgan fingerprint density at radius 1 is 1.03 bits per heavy atom. The van der Waals surface area contributed by atoms with Crippen LogP contribution in [0.2, 0.25) is 5.02 Å². The van der Waals surface area contributed by atoms with Gasteiger partial charge in [-0.25, -0.2) is 10.2 Å². The van der Waals surface area contributed by atoms with Gasteiger partial charge in [-0.15, -0.1) is 0 Å². The quantitative estimate of drug-likeness (QED) is 0.313. The fourth-order valence-electron chi connectivity index (χ4n) is 3.34. The Kier molecular flexibility index (Phi) is 5.82. The van der Waals surface area contributed by atoms with Crippen molar-refractivity contribution in [3.8, 4) is 0 Å². The van der Waals surface area contributed by atoms with E-state index in [0.29, 0.717) is 6.54 Å². The van der Waals surface area contributed by atoms with Crippen molar-refractivity contribution < 1.29 is 4.79 Å². The summed E-state index contributed by atoms with van der Waals surface area (Å²) >= 11 is 6.33. The number of fused-ring (bicyclic) bond motifs is 1. The minimum atomic E-state index is -0.389. The van der Waals surface area contributed by atoms with Gasteiger partial charge in [0.2, 0.25) is 0 Å². The molecule has 0 saturated carbocycles. The highest BCUT2D eigenvalue weighted by Crippen LogP contribution is 2.23. The maximum absolute atomic E-state index is 12.1. The Labute approximate surface area is 180 Å². The van der Waals surface area contributed by atoms with Crippen molar-refractivity contribution in [1.82, 2.24) is 9.99 Å². The number of aryl methyl sites for hydroxylation is 1. The number of rotatable bonds is 5. The molecule has 0 atom stereocenters. The van der Waals surface area contributed by atoms with E-state index >= 15 is 0 Å². The molecule has 1 aromatic heterocycles. The van der Waals surface area contributed by atoms with Crippen molar-refractivity contribution in [3.05, 3.63) is 101 Å². The topological polar surface area (TPSA) is 58.4 Å². The van der Waals surface area contributed by atoms with Crippen molar-refractivity contribution in [3.63, 3.8) is 0 Å². The zero-order valence-corrected chi connectivity index (χ0v) is 17.2. The van der Waals surface area contributed by atoms with Crippen LogP contribution in [0.3, 0.4) is 0 Å². The van der Waals surface area contributed by atoms with E-state index in [4.69, 9.17) is 11.6 Å². The highest BCUT2D eigenvalue weighted by atomic mass is 35.5. The number of nitrogens with zero attached hydrogens (tertiary/aromatic N) is 2. The lowest BCUT2D eigenvalue weighted by Crippen LogP contribution is -2.24. The molecular weight excluding hydrogens is 396 g/mol. The summed E-state index contributed by atoms with van der Waals surface area (Å²) in [6.07, 6.45) is 3.67. The van der Waals surface area contributed by atoms with Crippen molar-refractivity contribution in [1.29, 1.82) is 0 Å². The number of carbonyl (C=O) groups is 1. The number of para-hydroxylation sites is 2. The number of urea groups is 1. The third-order valence-electron chi connectivity index (χ3n) is 4.88. The first kappa shape index (κ1) is 19.7. The third kappa shape index (κ3) is 4.36. The first-order valence-corrected chi connectivity index (χ1v) is 9.96. The van der Waals surface area contributed by atoms with Crippen LogP contribution in [-0.2, 0) is 6.54 Å². The Bertz CT molecular complexity index is 1230. The van der Waals surface area contributed by atoms with Crippen molar-refractivity contribution in [2.45, 2.75) is 13.5 Å². The summed E-state index contributed by atoms with van der Waals surface area (Å²) in [6.45, 7) is 2.59. The fraction of sp³-hybridized carbons (Fsp3) is 0.0833. The van der Waals surface area contributed by atoms with Gasteiger partial charge in [-0.3, -0.25) is 0 Å². The van der Waals surface area contributed by atoms with E-state index in [0.717, 1.165) is 38.3 Å². The minimum absolute atomic E-state index is 0.389. The first-order chi connectivity index (χ1) is 14.6. The lowest BCUT2D eigenvalue weighted by molar-refractivity contribution is 0.252. The zero-order valence-electron chi connectivity index (χ0n) is 16.5. The van der Waals surface area contributed by atoms with Crippen LogP contribution in [-0.4, -0.2) is 16.8 Å². The van der Waals surface area contributed by atoms with Crippen molar-refractivity contribution in [2.75, 3.05) is 5.32 Å². The Balaban J connectivity index is 1.52. The van der Waals surface area contributed by atoms with Crippen LogP contribution < -0.4 is 10.7 Å². The van der Waals surface area contributed by atoms with Gasteiger partial charge in [0.15, 0.2) is 0 Å². The minimum Gasteiger partial charge on any atom is -0.342 e. The molecule has 2 N–H and O–H groups in total. The number of nitrogens with one attached hydrogen (secondary N) is 2. The van der Waals surface area contributed by atoms with Gasteiger partial charge in [0.05, 0.1) is 6.21 Å². The van der Waals surface area contributed by atoms with E-state index in [1.54, 1.807) is 6.21 Å². The number of carbonyl (C=O) groups excluding carboxylic acids is 1. The Morgan fingerprint density at radius 2 is 1.77 bits per heavy atom. The van der Waals surface area contributed by atoms with E-state index in [2.05, 4.69) is 26.5 Å². The first-order valence-electron chi connectivity index (χ1n) is 9.59. The molecule has 1 heterocycles. The highest BCUT2D eigenvalue weighted by Gasteiger charge is 2.09. The lowest BCUT2D eigenvalue weighted by Gasteiger charge is -2.07. The average Bonchev–Trinajstić information content (AvgIpc) is 3.09. The third-order valence-corrected chi connectivity index (χ3v) is 5.25. The van der Waals surface area contributed by atoms with Crippen molar-refractivity contribution >= 4 is 40.4 Å². The fourth-order valence-corrected chi connectivity index (χ4v) is 3.54. The van der Waals surface area contributed by atoms with Gasteiger partial charge in [-0.2, -0.15) is 5.10 Å². The molecule has 6 heteroatoms.